The molecule has 0 spiro atoms. The lowest BCUT2D eigenvalue weighted by atomic mass is 9.98. The van der Waals surface area contributed by atoms with E-state index in [0.717, 1.165) is 5.56 Å². The third kappa shape index (κ3) is 4.18. The SMILES string of the molecule is C[C@H](NC(=O)N1CCCC(C(=O)O)C1)c1ccc([N+](=O)[O-])cc1. The minimum atomic E-state index is -0.883. The van der Waals surface area contributed by atoms with Crippen LogP contribution >= 0.6 is 0 Å². The van der Waals surface area contributed by atoms with Gasteiger partial charge in [-0.1, -0.05) is 12.1 Å². The number of nitrogens with zero attached hydrogens (tertiary/aromatic N) is 2. The van der Waals surface area contributed by atoms with E-state index < -0.39 is 16.8 Å². The second-order valence-corrected chi connectivity index (χ2v) is 5.64. The number of carbonyl (C=O) groups excluding carboxylic acids is 1. The van der Waals surface area contributed by atoms with Crippen molar-refractivity contribution in [1.29, 1.82) is 0 Å². The number of hydrogen-bond donors (Lipinski definition) is 2. The Bertz CT molecular complexity index is 602. The maximum Gasteiger partial charge on any atom is 0.317 e. The Hall–Kier alpha value is -2.64. The average Bonchev–Trinajstić information content (AvgIpc) is 2.54. The number of likely N-dealkylation sites (tertiary alicyclic amines) is 1. The number of urea groups is 1. The van der Waals surface area contributed by atoms with Gasteiger partial charge in [-0.15, -0.1) is 0 Å². The van der Waals surface area contributed by atoms with Gasteiger partial charge in [0.15, 0.2) is 0 Å². The second-order valence-electron chi connectivity index (χ2n) is 5.64. The zero-order valence-corrected chi connectivity index (χ0v) is 12.8. The number of non-ortho nitro benzene ring substituents is 1. The van der Waals surface area contributed by atoms with Gasteiger partial charge in [-0.3, -0.25) is 14.9 Å². The Morgan fingerprint density at radius 1 is 1.39 bits per heavy atom. The molecular weight excluding hydrogens is 302 g/mol. The van der Waals surface area contributed by atoms with Gasteiger partial charge in [0.2, 0.25) is 0 Å². The largest absolute Gasteiger partial charge is 0.481 e. The number of benzene rings is 1. The molecule has 124 valence electrons. The van der Waals surface area contributed by atoms with Crippen LogP contribution in [0.4, 0.5) is 10.5 Å². The van der Waals surface area contributed by atoms with Crippen molar-refractivity contribution in [2.24, 2.45) is 5.92 Å². The molecule has 1 aliphatic heterocycles. The fourth-order valence-corrected chi connectivity index (χ4v) is 2.61. The number of amides is 2. The fraction of sp³-hybridized carbons (Fsp3) is 0.467. The summed E-state index contributed by atoms with van der Waals surface area (Å²) in [5, 5.41) is 22.5. The van der Waals surface area contributed by atoms with Gasteiger partial charge in [0.25, 0.3) is 5.69 Å². The van der Waals surface area contributed by atoms with Crippen molar-refractivity contribution in [2.75, 3.05) is 13.1 Å². The summed E-state index contributed by atoms with van der Waals surface area (Å²) < 4.78 is 0. The molecule has 2 rings (SSSR count). The summed E-state index contributed by atoms with van der Waals surface area (Å²) in [4.78, 5) is 34.9. The van der Waals surface area contributed by atoms with E-state index in [4.69, 9.17) is 5.11 Å². The molecule has 1 aromatic carbocycles. The standard InChI is InChI=1S/C15H19N3O5/c1-10(11-4-6-13(7-5-11)18(22)23)16-15(21)17-8-2-3-12(9-17)14(19)20/h4-7,10,12H,2-3,8-9H2,1H3,(H,16,21)(H,19,20)/t10-,12?/m0/s1. The van der Waals surface area contributed by atoms with E-state index in [-0.39, 0.29) is 24.3 Å². The van der Waals surface area contributed by atoms with Crippen molar-refractivity contribution in [3.8, 4) is 0 Å². The number of carbonyl (C=O) groups is 2. The molecule has 8 heteroatoms. The molecule has 0 aliphatic carbocycles. The predicted molar refractivity (Wildman–Crippen MR) is 82.0 cm³/mol. The molecule has 0 saturated carbocycles. The zero-order valence-electron chi connectivity index (χ0n) is 12.8. The normalized spacial score (nSPS) is 19.0. The summed E-state index contributed by atoms with van der Waals surface area (Å²) in [5.74, 6) is -1.41. The van der Waals surface area contributed by atoms with Crippen molar-refractivity contribution in [3.05, 3.63) is 39.9 Å². The molecule has 1 unspecified atom stereocenters. The highest BCUT2D eigenvalue weighted by molar-refractivity contribution is 5.77. The topological polar surface area (TPSA) is 113 Å². The van der Waals surface area contributed by atoms with Crippen LogP contribution in [0.15, 0.2) is 24.3 Å². The lowest BCUT2D eigenvalue weighted by Crippen LogP contribution is -2.47. The number of nitro benzene ring substituents is 1. The Morgan fingerprint density at radius 3 is 2.61 bits per heavy atom. The van der Waals surface area contributed by atoms with Crippen LogP contribution in [0.3, 0.4) is 0 Å². The van der Waals surface area contributed by atoms with E-state index >= 15 is 0 Å². The van der Waals surface area contributed by atoms with E-state index in [9.17, 15) is 19.7 Å². The number of rotatable bonds is 4. The Balaban J connectivity index is 1.96. The third-order valence-corrected chi connectivity index (χ3v) is 4.00. The highest BCUT2D eigenvalue weighted by atomic mass is 16.6. The van der Waals surface area contributed by atoms with Gasteiger partial charge in [0.1, 0.15) is 0 Å². The molecule has 8 nitrogen and oxygen atoms in total. The van der Waals surface area contributed by atoms with Crippen LogP contribution in [0.25, 0.3) is 0 Å². The van der Waals surface area contributed by atoms with Gasteiger partial charge in [-0.25, -0.2) is 4.79 Å². The maximum atomic E-state index is 12.2. The van der Waals surface area contributed by atoms with Crippen LogP contribution in [0.1, 0.15) is 31.4 Å². The number of aliphatic carboxylic acids is 1. The molecule has 0 aromatic heterocycles. The first-order chi connectivity index (χ1) is 10.9. The smallest absolute Gasteiger partial charge is 0.317 e. The van der Waals surface area contributed by atoms with Crippen molar-refractivity contribution < 1.29 is 19.6 Å². The van der Waals surface area contributed by atoms with Crippen LogP contribution in [0, 0.1) is 16.0 Å². The summed E-state index contributed by atoms with van der Waals surface area (Å²) in [6.07, 6.45) is 1.24. The van der Waals surface area contributed by atoms with Crippen molar-refractivity contribution in [3.63, 3.8) is 0 Å². The molecule has 1 heterocycles. The van der Waals surface area contributed by atoms with Crippen LogP contribution in [0.5, 0.6) is 0 Å². The quantitative estimate of drug-likeness (QED) is 0.652. The first kappa shape index (κ1) is 16.7. The van der Waals surface area contributed by atoms with E-state index in [1.165, 1.54) is 17.0 Å². The molecule has 2 amide bonds. The lowest BCUT2D eigenvalue weighted by Gasteiger charge is -2.31. The molecule has 0 radical (unpaired) electrons. The van der Waals surface area contributed by atoms with Crippen LogP contribution in [0.2, 0.25) is 0 Å². The lowest BCUT2D eigenvalue weighted by molar-refractivity contribution is -0.384. The van der Waals surface area contributed by atoms with Crippen molar-refractivity contribution in [1.82, 2.24) is 10.2 Å². The highest BCUT2D eigenvalue weighted by Gasteiger charge is 2.28. The average molecular weight is 321 g/mol. The van der Waals surface area contributed by atoms with Crippen LogP contribution in [-0.4, -0.2) is 40.0 Å². The van der Waals surface area contributed by atoms with E-state index in [2.05, 4.69) is 5.32 Å². The second kappa shape index (κ2) is 7.08. The van der Waals surface area contributed by atoms with Gasteiger partial charge >= 0.3 is 12.0 Å². The summed E-state index contributed by atoms with van der Waals surface area (Å²) >= 11 is 0. The molecule has 2 atom stereocenters. The minimum Gasteiger partial charge on any atom is -0.481 e. The zero-order chi connectivity index (χ0) is 17.0. The van der Waals surface area contributed by atoms with E-state index in [1.54, 1.807) is 19.1 Å². The van der Waals surface area contributed by atoms with E-state index in [0.29, 0.717) is 19.4 Å². The molecule has 1 saturated heterocycles. The molecule has 0 bridgehead atoms. The number of hydrogen-bond acceptors (Lipinski definition) is 4. The summed E-state index contributed by atoms with van der Waals surface area (Å²) in [6, 6.07) is 5.33. The first-order valence-electron chi connectivity index (χ1n) is 7.41. The Labute approximate surface area is 133 Å². The maximum absolute atomic E-state index is 12.2. The van der Waals surface area contributed by atoms with Gasteiger partial charge in [0.05, 0.1) is 16.9 Å². The Kier molecular flexibility index (Phi) is 5.15. The Morgan fingerprint density at radius 2 is 2.04 bits per heavy atom. The molecule has 1 fully saturated rings. The molecular formula is C15H19N3O5. The van der Waals surface area contributed by atoms with Gasteiger partial charge in [-0.2, -0.15) is 0 Å². The summed E-state index contributed by atoms with van der Waals surface area (Å²) in [6.45, 7) is 2.51. The fourth-order valence-electron chi connectivity index (χ4n) is 2.61. The number of carboxylic acid groups (broad SMARTS) is 1. The summed E-state index contributed by atoms with van der Waals surface area (Å²) in [7, 11) is 0. The van der Waals surface area contributed by atoms with Crippen LogP contribution in [-0.2, 0) is 4.79 Å². The molecule has 1 aliphatic rings. The van der Waals surface area contributed by atoms with Crippen molar-refractivity contribution in [2.45, 2.75) is 25.8 Å². The predicted octanol–water partition coefficient (Wildman–Crippen LogP) is 2.16. The number of nitrogens with one attached hydrogen (secondary N) is 1. The molecule has 1 aromatic rings. The number of carboxylic acids is 1. The monoisotopic (exact) mass is 321 g/mol. The highest BCUT2D eigenvalue weighted by Crippen LogP contribution is 2.20. The minimum absolute atomic E-state index is 0.00685. The molecule has 2 N–H and O–H groups in total. The summed E-state index contributed by atoms with van der Waals surface area (Å²) in [5.41, 5.74) is 0.739. The van der Waals surface area contributed by atoms with Crippen LogP contribution < -0.4 is 5.32 Å². The number of piperidine rings is 1. The number of nitro groups is 1. The van der Waals surface area contributed by atoms with Gasteiger partial charge in [-0.05, 0) is 25.3 Å². The third-order valence-electron chi connectivity index (χ3n) is 4.00. The first-order valence-corrected chi connectivity index (χ1v) is 7.41. The van der Waals surface area contributed by atoms with Gasteiger partial charge < -0.3 is 15.3 Å². The van der Waals surface area contributed by atoms with E-state index in [1.807, 2.05) is 0 Å². The van der Waals surface area contributed by atoms with Gasteiger partial charge in [0, 0.05) is 25.2 Å². The van der Waals surface area contributed by atoms with Crippen molar-refractivity contribution >= 4 is 17.7 Å². The molecule has 23 heavy (non-hydrogen) atoms.